The highest BCUT2D eigenvalue weighted by Crippen LogP contribution is 2.27. The third-order valence-electron chi connectivity index (χ3n) is 2.74. The molecule has 0 atom stereocenters. The molecule has 0 aliphatic carbocycles. The van der Waals surface area contributed by atoms with Crippen molar-refractivity contribution in [2.75, 3.05) is 11.9 Å². The van der Waals surface area contributed by atoms with Crippen LogP contribution in [0.3, 0.4) is 0 Å². The normalized spacial score (nSPS) is 10.8. The fourth-order valence-corrected chi connectivity index (χ4v) is 2.09. The van der Waals surface area contributed by atoms with Gasteiger partial charge in [-0.2, -0.15) is 0 Å². The molecule has 2 heterocycles. The van der Waals surface area contributed by atoms with Crippen LogP contribution in [0.5, 0.6) is 0 Å². The van der Waals surface area contributed by atoms with Gasteiger partial charge in [-0.05, 0) is 37.3 Å². The van der Waals surface area contributed by atoms with Crippen LogP contribution in [0, 0.1) is 0 Å². The molecule has 5 heteroatoms. The summed E-state index contributed by atoms with van der Waals surface area (Å²) < 4.78 is 5.35. The first-order chi connectivity index (χ1) is 9.28. The molecule has 0 aliphatic rings. The molecular weight excluding hydrogens is 262 g/mol. The Kier molecular flexibility index (Phi) is 3.09. The third-order valence-corrected chi connectivity index (χ3v) is 2.98. The Balaban J connectivity index is 2.25. The number of fused-ring (bicyclic) bond motifs is 1. The van der Waals surface area contributed by atoms with Crippen LogP contribution in [0.15, 0.2) is 41.0 Å². The minimum atomic E-state index is 0.552. The molecule has 0 radical (unpaired) electrons. The van der Waals surface area contributed by atoms with Gasteiger partial charge < -0.3 is 9.73 Å². The number of furan rings is 1. The lowest BCUT2D eigenvalue weighted by Gasteiger charge is -2.08. The van der Waals surface area contributed by atoms with Gasteiger partial charge in [0.15, 0.2) is 11.6 Å². The van der Waals surface area contributed by atoms with E-state index in [9.17, 15) is 0 Å². The molecule has 4 nitrogen and oxygen atoms in total. The topological polar surface area (TPSA) is 51.0 Å². The number of rotatable bonds is 3. The highest BCUT2D eigenvalue weighted by molar-refractivity contribution is 6.31. The molecular formula is C14H12ClN3O. The first kappa shape index (κ1) is 12.0. The van der Waals surface area contributed by atoms with Crippen molar-refractivity contribution in [3.8, 4) is 11.6 Å². The van der Waals surface area contributed by atoms with Crippen molar-refractivity contribution in [2.45, 2.75) is 6.92 Å². The van der Waals surface area contributed by atoms with E-state index < -0.39 is 0 Å². The largest absolute Gasteiger partial charge is 0.461 e. The first-order valence-electron chi connectivity index (χ1n) is 6.03. The van der Waals surface area contributed by atoms with Crippen LogP contribution in [-0.2, 0) is 0 Å². The molecule has 3 rings (SSSR count). The van der Waals surface area contributed by atoms with Gasteiger partial charge in [0.25, 0.3) is 0 Å². The van der Waals surface area contributed by atoms with Gasteiger partial charge in [-0.15, -0.1) is 0 Å². The second-order valence-corrected chi connectivity index (χ2v) is 4.50. The van der Waals surface area contributed by atoms with Crippen LogP contribution in [0.1, 0.15) is 6.92 Å². The van der Waals surface area contributed by atoms with Crippen molar-refractivity contribution in [3.63, 3.8) is 0 Å². The average Bonchev–Trinajstić information content (AvgIpc) is 2.92. The summed E-state index contributed by atoms with van der Waals surface area (Å²) >= 11 is 6.02. The van der Waals surface area contributed by atoms with E-state index in [0.717, 1.165) is 23.3 Å². The SMILES string of the molecule is CCNc1nc(-c2ccco2)nc2cc(Cl)ccc12. The lowest BCUT2D eigenvalue weighted by Crippen LogP contribution is -2.02. The zero-order chi connectivity index (χ0) is 13.2. The molecule has 0 bridgehead atoms. The average molecular weight is 274 g/mol. The van der Waals surface area contributed by atoms with E-state index in [2.05, 4.69) is 15.3 Å². The van der Waals surface area contributed by atoms with E-state index in [1.165, 1.54) is 0 Å². The summed E-state index contributed by atoms with van der Waals surface area (Å²) in [4.78, 5) is 9.00. The van der Waals surface area contributed by atoms with Gasteiger partial charge in [-0.1, -0.05) is 11.6 Å². The first-order valence-corrected chi connectivity index (χ1v) is 6.41. The van der Waals surface area contributed by atoms with Crippen molar-refractivity contribution in [3.05, 3.63) is 41.6 Å². The predicted octanol–water partition coefficient (Wildman–Crippen LogP) is 3.98. The van der Waals surface area contributed by atoms with Gasteiger partial charge in [0.05, 0.1) is 11.8 Å². The molecule has 0 amide bonds. The Bertz CT molecular complexity index is 710. The van der Waals surface area contributed by atoms with Gasteiger partial charge in [0.1, 0.15) is 5.82 Å². The summed E-state index contributed by atoms with van der Waals surface area (Å²) in [5.41, 5.74) is 0.796. The van der Waals surface area contributed by atoms with Crippen LogP contribution in [0.2, 0.25) is 5.02 Å². The standard InChI is InChI=1S/C14H12ClN3O/c1-2-16-13-10-6-5-9(15)8-11(10)17-14(18-13)12-4-3-7-19-12/h3-8H,2H2,1H3,(H,16,17,18). The summed E-state index contributed by atoms with van der Waals surface area (Å²) in [5, 5.41) is 4.83. The highest BCUT2D eigenvalue weighted by atomic mass is 35.5. The number of hydrogen-bond donors (Lipinski definition) is 1. The molecule has 1 N–H and O–H groups in total. The number of aromatic nitrogens is 2. The van der Waals surface area contributed by atoms with Gasteiger partial charge >= 0.3 is 0 Å². The van der Waals surface area contributed by atoms with E-state index in [4.69, 9.17) is 16.0 Å². The van der Waals surface area contributed by atoms with Gasteiger partial charge in [0.2, 0.25) is 0 Å². The van der Waals surface area contributed by atoms with E-state index in [1.54, 1.807) is 6.26 Å². The van der Waals surface area contributed by atoms with Crippen LogP contribution in [-0.4, -0.2) is 16.5 Å². The number of nitrogens with one attached hydrogen (secondary N) is 1. The second kappa shape index (κ2) is 4.90. The predicted molar refractivity (Wildman–Crippen MR) is 76.4 cm³/mol. The van der Waals surface area contributed by atoms with Crippen molar-refractivity contribution in [1.82, 2.24) is 9.97 Å². The van der Waals surface area contributed by atoms with Gasteiger partial charge in [-0.3, -0.25) is 0 Å². The van der Waals surface area contributed by atoms with Crippen LogP contribution in [0.25, 0.3) is 22.5 Å². The zero-order valence-electron chi connectivity index (χ0n) is 10.4. The summed E-state index contributed by atoms with van der Waals surface area (Å²) in [7, 11) is 0. The molecule has 0 spiro atoms. The van der Waals surface area contributed by atoms with Gasteiger partial charge in [-0.25, -0.2) is 9.97 Å². The number of benzene rings is 1. The van der Waals surface area contributed by atoms with E-state index in [-0.39, 0.29) is 0 Å². The lowest BCUT2D eigenvalue weighted by atomic mass is 10.2. The molecule has 1 aromatic carbocycles. The van der Waals surface area contributed by atoms with E-state index in [0.29, 0.717) is 16.6 Å². The molecule has 3 aromatic rings. The maximum Gasteiger partial charge on any atom is 0.198 e. The van der Waals surface area contributed by atoms with Crippen molar-refractivity contribution < 1.29 is 4.42 Å². The second-order valence-electron chi connectivity index (χ2n) is 4.06. The van der Waals surface area contributed by atoms with Crippen molar-refractivity contribution in [1.29, 1.82) is 0 Å². The Labute approximate surface area is 115 Å². The van der Waals surface area contributed by atoms with Gasteiger partial charge in [0, 0.05) is 17.0 Å². The number of halogens is 1. The molecule has 2 aromatic heterocycles. The summed E-state index contributed by atoms with van der Waals surface area (Å²) in [6, 6.07) is 9.23. The number of nitrogens with zero attached hydrogens (tertiary/aromatic N) is 2. The fraction of sp³-hybridized carbons (Fsp3) is 0.143. The Hall–Kier alpha value is -2.07. The minimum absolute atomic E-state index is 0.552. The van der Waals surface area contributed by atoms with Crippen LogP contribution < -0.4 is 5.32 Å². The molecule has 96 valence electrons. The van der Waals surface area contributed by atoms with E-state index in [1.807, 2.05) is 37.3 Å². The molecule has 0 unspecified atom stereocenters. The Morgan fingerprint density at radius 3 is 2.89 bits per heavy atom. The molecule has 0 saturated carbocycles. The summed E-state index contributed by atoms with van der Waals surface area (Å²) in [6.45, 7) is 2.81. The quantitative estimate of drug-likeness (QED) is 0.784. The zero-order valence-corrected chi connectivity index (χ0v) is 11.1. The third kappa shape index (κ3) is 2.27. The molecule has 0 fully saturated rings. The minimum Gasteiger partial charge on any atom is -0.461 e. The fourth-order valence-electron chi connectivity index (χ4n) is 1.92. The number of hydrogen-bond acceptors (Lipinski definition) is 4. The summed E-state index contributed by atoms with van der Waals surface area (Å²) in [6.07, 6.45) is 1.60. The maximum absolute atomic E-state index is 6.02. The van der Waals surface area contributed by atoms with Crippen LogP contribution in [0.4, 0.5) is 5.82 Å². The molecule has 19 heavy (non-hydrogen) atoms. The lowest BCUT2D eigenvalue weighted by molar-refractivity contribution is 0.577. The smallest absolute Gasteiger partial charge is 0.198 e. The number of anilines is 1. The summed E-state index contributed by atoms with van der Waals surface area (Å²) in [5.74, 6) is 1.98. The monoisotopic (exact) mass is 273 g/mol. The Morgan fingerprint density at radius 2 is 2.16 bits per heavy atom. The van der Waals surface area contributed by atoms with Crippen molar-refractivity contribution in [2.24, 2.45) is 0 Å². The van der Waals surface area contributed by atoms with Crippen LogP contribution >= 0.6 is 11.6 Å². The van der Waals surface area contributed by atoms with Crippen molar-refractivity contribution >= 4 is 28.3 Å². The van der Waals surface area contributed by atoms with E-state index >= 15 is 0 Å². The highest BCUT2D eigenvalue weighted by Gasteiger charge is 2.11. The molecule has 0 saturated heterocycles. The Morgan fingerprint density at radius 1 is 1.26 bits per heavy atom. The molecule has 0 aliphatic heterocycles. The maximum atomic E-state index is 6.02.